The maximum Gasteiger partial charge on any atom is 0.254 e. The first kappa shape index (κ1) is 17.4. The van der Waals surface area contributed by atoms with E-state index >= 15 is 0 Å². The van der Waals surface area contributed by atoms with Crippen molar-refractivity contribution in [3.63, 3.8) is 0 Å². The van der Waals surface area contributed by atoms with Crippen molar-refractivity contribution in [2.75, 3.05) is 19.7 Å². The topological polar surface area (TPSA) is 57.6 Å². The van der Waals surface area contributed by atoms with Gasteiger partial charge in [-0.2, -0.15) is 0 Å². The summed E-state index contributed by atoms with van der Waals surface area (Å²) in [7, 11) is 0. The zero-order chi connectivity index (χ0) is 17.6. The van der Waals surface area contributed by atoms with E-state index < -0.39 is 0 Å². The largest absolute Gasteiger partial charge is 0.396 e. The van der Waals surface area contributed by atoms with Gasteiger partial charge in [-0.15, -0.1) is 0 Å². The first-order valence-corrected chi connectivity index (χ1v) is 8.79. The highest BCUT2D eigenvalue weighted by Crippen LogP contribution is 2.21. The fourth-order valence-electron chi connectivity index (χ4n) is 3.33. The van der Waals surface area contributed by atoms with Crippen molar-refractivity contribution >= 4 is 11.7 Å². The number of rotatable bonds is 4. The maximum atomic E-state index is 13.0. The van der Waals surface area contributed by atoms with E-state index in [9.17, 15) is 14.7 Å². The molecule has 0 spiro atoms. The van der Waals surface area contributed by atoms with Crippen LogP contribution >= 0.6 is 0 Å². The van der Waals surface area contributed by atoms with Gasteiger partial charge >= 0.3 is 0 Å². The maximum absolute atomic E-state index is 13.0. The van der Waals surface area contributed by atoms with Crippen LogP contribution in [0.3, 0.4) is 0 Å². The van der Waals surface area contributed by atoms with Crippen molar-refractivity contribution in [2.45, 2.75) is 19.3 Å². The molecule has 0 saturated carbocycles. The van der Waals surface area contributed by atoms with Crippen LogP contribution < -0.4 is 0 Å². The molecule has 4 nitrogen and oxygen atoms in total. The van der Waals surface area contributed by atoms with Crippen molar-refractivity contribution < 1.29 is 14.7 Å². The van der Waals surface area contributed by atoms with Gasteiger partial charge in [0.25, 0.3) is 5.91 Å². The minimum atomic E-state index is -0.132. The minimum Gasteiger partial charge on any atom is -0.396 e. The first-order chi connectivity index (χ1) is 12.2. The Bertz CT molecular complexity index is 742. The number of hydrogen-bond acceptors (Lipinski definition) is 3. The zero-order valence-electron chi connectivity index (χ0n) is 14.2. The number of likely N-dealkylation sites (tertiary alicyclic amines) is 1. The van der Waals surface area contributed by atoms with Crippen LogP contribution in [0.15, 0.2) is 54.6 Å². The minimum absolute atomic E-state index is 0.0986. The number of carbonyl (C=O) groups is 2. The third-order valence-corrected chi connectivity index (χ3v) is 4.83. The van der Waals surface area contributed by atoms with Crippen LogP contribution in [0, 0.1) is 5.92 Å². The van der Waals surface area contributed by atoms with Crippen molar-refractivity contribution in [1.82, 2.24) is 4.90 Å². The molecule has 3 rings (SSSR count). The van der Waals surface area contributed by atoms with Crippen LogP contribution in [0.1, 0.15) is 45.5 Å². The lowest BCUT2D eigenvalue weighted by Gasteiger charge is -2.22. The quantitative estimate of drug-likeness (QED) is 0.872. The Balaban J connectivity index is 1.85. The van der Waals surface area contributed by atoms with Gasteiger partial charge in [0.15, 0.2) is 5.78 Å². The van der Waals surface area contributed by atoms with Crippen LogP contribution in [0.2, 0.25) is 0 Å². The molecule has 1 saturated heterocycles. The molecule has 2 aromatic rings. The van der Waals surface area contributed by atoms with Crippen LogP contribution in [0.25, 0.3) is 0 Å². The molecule has 0 aromatic heterocycles. The van der Waals surface area contributed by atoms with Crippen LogP contribution in [-0.2, 0) is 0 Å². The van der Waals surface area contributed by atoms with Gasteiger partial charge in [0.1, 0.15) is 0 Å². The van der Waals surface area contributed by atoms with E-state index in [1.807, 2.05) is 23.1 Å². The highest BCUT2D eigenvalue weighted by Gasteiger charge is 2.24. The number of carbonyl (C=O) groups excluding carboxylic acids is 2. The highest BCUT2D eigenvalue weighted by atomic mass is 16.3. The van der Waals surface area contributed by atoms with Crippen molar-refractivity contribution in [3.05, 3.63) is 71.3 Å². The van der Waals surface area contributed by atoms with Gasteiger partial charge in [0.2, 0.25) is 0 Å². The molecule has 1 amide bonds. The molecule has 130 valence electrons. The molecule has 1 aliphatic heterocycles. The van der Waals surface area contributed by atoms with Gasteiger partial charge < -0.3 is 10.0 Å². The highest BCUT2D eigenvalue weighted by molar-refractivity contribution is 6.15. The summed E-state index contributed by atoms with van der Waals surface area (Å²) in [5.74, 6) is 0.0325. The van der Waals surface area contributed by atoms with Gasteiger partial charge in [-0.1, -0.05) is 48.5 Å². The average Bonchev–Trinajstić information content (AvgIpc) is 2.93. The molecule has 1 N–H and O–H groups in total. The molecule has 1 aliphatic rings. The summed E-state index contributed by atoms with van der Waals surface area (Å²) >= 11 is 0. The van der Waals surface area contributed by atoms with E-state index in [0.717, 1.165) is 19.3 Å². The lowest BCUT2D eigenvalue weighted by Crippen LogP contribution is -2.33. The molecule has 0 radical (unpaired) electrons. The summed E-state index contributed by atoms with van der Waals surface area (Å²) in [5, 5.41) is 9.35. The second kappa shape index (κ2) is 8.08. The van der Waals surface area contributed by atoms with E-state index in [2.05, 4.69) is 0 Å². The van der Waals surface area contributed by atoms with E-state index in [1.54, 1.807) is 36.4 Å². The average molecular weight is 337 g/mol. The summed E-state index contributed by atoms with van der Waals surface area (Å²) in [6.45, 7) is 1.46. The van der Waals surface area contributed by atoms with Crippen LogP contribution in [-0.4, -0.2) is 41.4 Å². The zero-order valence-corrected chi connectivity index (χ0v) is 14.2. The molecule has 25 heavy (non-hydrogen) atoms. The van der Waals surface area contributed by atoms with Crippen LogP contribution in [0.4, 0.5) is 0 Å². The van der Waals surface area contributed by atoms with Crippen molar-refractivity contribution in [1.29, 1.82) is 0 Å². The van der Waals surface area contributed by atoms with Gasteiger partial charge in [-0.25, -0.2) is 0 Å². The lowest BCUT2D eigenvalue weighted by molar-refractivity contribution is 0.0753. The molecule has 2 aromatic carbocycles. The van der Waals surface area contributed by atoms with E-state index in [4.69, 9.17) is 0 Å². The number of amides is 1. The predicted molar refractivity (Wildman–Crippen MR) is 96.6 cm³/mol. The number of hydrogen-bond donors (Lipinski definition) is 1. The first-order valence-electron chi connectivity index (χ1n) is 8.79. The van der Waals surface area contributed by atoms with Crippen molar-refractivity contribution in [2.24, 2.45) is 5.92 Å². The van der Waals surface area contributed by atoms with Gasteiger partial charge in [0, 0.05) is 30.8 Å². The fraction of sp³-hybridized carbons (Fsp3) is 0.333. The third kappa shape index (κ3) is 3.97. The predicted octanol–water partition coefficient (Wildman–Crippen LogP) is 3.15. The van der Waals surface area contributed by atoms with E-state index in [-0.39, 0.29) is 24.2 Å². The molecule has 1 atom stereocenters. The molecular weight excluding hydrogens is 314 g/mol. The second-order valence-corrected chi connectivity index (χ2v) is 6.51. The Labute approximate surface area is 148 Å². The smallest absolute Gasteiger partial charge is 0.254 e. The van der Waals surface area contributed by atoms with Gasteiger partial charge in [0.05, 0.1) is 5.56 Å². The lowest BCUT2D eigenvalue weighted by atomic mass is 9.97. The Morgan fingerprint density at radius 2 is 1.60 bits per heavy atom. The molecule has 1 fully saturated rings. The van der Waals surface area contributed by atoms with Gasteiger partial charge in [-0.3, -0.25) is 9.59 Å². The van der Waals surface area contributed by atoms with E-state index in [0.29, 0.717) is 29.8 Å². The molecule has 0 aliphatic carbocycles. The normalized spacial score (nSPS) is 17.8. The summed E-state index contributed by atoms with van der Waals surface area (Å²) in [5.41, 5.74) is 1.49. The standard InChI is InChI=1S/C21H23NO3/c23-15-16-7-6-13-22(14-12-16)21(25)19-11-5-4-10-18(19)20(24)17-8-2-1-3-9-17/h1-5,8-11,16,23H,6-7,12-15H2/t16-/m1/s1. The third-order valence-electron chi connectivity index (χ3n) is 4.83. The molecule has 1 heterocycles. The molecule has 4 heteroatoms. The molecular formula is C21H23NO3. The Kier molecular flexibility index (Phi) is 5.61. The van der Waals surface area contributed by atoms with Crippen LogP contribution in [0.5, 0.6) is 0 Å². The summed E-state index contributed by atoms with van der Waals surface area (Å²) < 4.78 is 0. The number of aliphatic hydroxyl groups is 1. The van der Waals surface area contributed by atoms with E-state index in [1.165, 1.54) is 0 Å². The Morgan fingerprint density at radius 3 is 2.32 bits per heavy atom. The number of aliphatic hydroxyl groups excluding tert-OH is 1. The second-order valence-electron chi connectivity index (χ2n) is 6.51. The fourth-order valence-corrected chi connectivity index (χ4v) is 3.33. The Hall–Kier alpha value is -2.46. The number of benzene rings is 2. The van der Waals surface area contributed by atoms with Crippen molar-refractivity contribution in [3.8, 4) is 0 Å². The number of nitrogens with zero attached hydrogens (tertiary/aromatic N) is 1. The summed E-state index contributed by atoms with van der Waals surface area (Å²) in [6.07, 6.45) is 2.62. The summed E-state index contributed by atoms with van der Waals surface area (Å²) in [6, 6.07) is 16.1. The SMILES string of the molecule is O=C(c1ccccc1)c1ccccc1C(=O)N1CCC[C@@H](CO)CC1. The monoisotopic (exact) mass is 337 g/mol. The number of ketones is 1. The summed E-state index contributed by atoms with van der Waals surface area (Å²) in [4.78, 5) is 27.6. The molecule has 0 unspecified atom stereocenters. The molecule has 0 bridgehead atoms. The Morgan fingerprint density at radius 1 is 0.920 bits per heavy atom. The van der Waals surface area contributed by atoms with Gasteiger partial charge in [-0.05, 0) is 31.2 Å².